The molecule has 10 heteroatoms. The van der Waals surface area contributed by atoms with Crippen molar-refractivity contribution in [1.82, 2.24) is 20.4 Å². The molecule has 4 fully saturated rings. The topological polar surface area (TPSA) is 135 Å². The van der Waals surface area contributed by atoms with Crippen molar-refractivity contribution in [2.75, 3.05) is 10.7 Å². The maximum atomic E-state index is 12.2. The van der Waals surface area contributed by atoms with E-state index in [9.17, 15) is 14.9 Å². The van der Waals surface area contributed by atoms with E-state index in [0.717, 1.165) is 19.3 Å². The summed E-state index contributed by atoms with van der Waals surface area (Å²) in [5.41, 5.74) is 4.78. The van der Waals surface area contributed by atoms with E-state index in [1.165, 1.54) is 31.8 Å². The smallest absolute Gasteiger partial charge is 0.354 e. The van der Waals surface area contributed by atoms with Gasteiger partial charge in [0.2, 0.25) is 11.6 Å². The number of hydrogen-bond acceptors (Lipinski definition) is 8. The van der Waals surface area contributed by atoms with Crippen LogP contribution in [0.2, 0.25) is 0 Å². The van der Waals surface area contributed by atoms with Crippen LogP contribution < -0.4 is 16.2 Å². The highest BCUT2D eigenvalue weighted by Crippen LogP contribution is 2.56. The molecule has 6 rings (SSSR count). The predicted molar refractivity (Wildman–Crippen MR) is 109 cm³/mol. The van der Waals surface area contributed by atoms with Gasteiger partial charge in [-0.25, -0.2) is 9.97 Å². The normalized spacial score (nSPS) is 28.7. The first-order valence-electron chi connectivity index (χ1n) is 10.3. The van der Waals surface area contributed by atoms with Crippen molar-refractivity contribution in [3.63, 3.8) is 0 Å². The van der Waals surface area contributed by atoms with Crippen LogP contribution >= 0.6 is 0 Å². The summed E-state index contributed by atoms with van der Waals surface area (Å²) in [6.45, 7) is 0. The number of aromatic nitrogens is 3. The number of hydrazine groups is 1. The molecular formula is C20H23N7O3. The van der Waals surface area contributed by atoms with Crippen LogP contribution in [0.5, 0.6) is 0 Å². The summed E-state index contributed by atoms with van der Waals surface area (Å²) in [7, 11) is 0. The lowest BCUT2D eigenvalue weighted by molar-refractivity contribution is -0.383. The van der Waals surface area contributed by atoms with Crippen molar-refractivity contribution in [3.05, 3.63) is 46.5 Å². The number of rotatable bonds is 6. The second kappa shape index (κ2) is 7.19. The van der Waals surface area contributed by atoms with Gasteiger partial charge in [-0.1, -0.05) is 6.07 Å². The number of hydrogen-bond donors (Lipinski definition) is 3. The Labute approximate surface area is 173 Å². The molecule has 156 valence electrons. The third-order valence-corrected chi connectivity index (χ3v) is 6.62. The molecular weight excluding hydrogens is 386 g/mol. The van der Waals surface area contributed by atoms with Crippen LogP contribution in [-0.4, -0.2) is 31.3 Å². The zero-order valence-electron chi connectivity index (χ0n) is 16.4. The Kier molecular flexibility index (Phi) is 4.48. The van der Waals surface area contributed by atoms with Gasteiger partial charge in [-0.2, -0.15) is 0 Å². The van der Waals surface area contributed by atoms with Gasteiger partial charge in [-0.15, -0.1) is 0 Å². The maximum Gasteiger partial charge on any atom is 0.354 e. The largest absolute Gasteiger partial charge is 0.359 e. The summed E-state index contributed by atoms with van der Waals surface area (Å²) < 4.78 is 0. The lowest BCUT2D eigenvalue weighted by Crippen LogP contribution is -2.55. The van der Waals surface area contributed by atoms with Crippen LogP contribution in [0, 0.1) is 27.9 Å². The Morgan fingerprint density at radius 3 is 2.30 bits per heavy atom. The van der Waals surface area contributed by atoms with E-state index in [-0.39, 0.29) is 28.6 Å². The summed E-state index contributed by atoms with van der Waals surface area (Å²) in [4.78, 5) is 35.7. The van der Waals surface area contributed by atoms with E-state index in [4.69, 9.17) is 0 Å². The van der Waals surface area contributed by atoms with Crippen LogP contribution in [0.3, 0.4) is 0 Å². The van der Waals surface area contributed by atoms with Crippen molar-refractivity contribution in [2.24, 2.45) is 17.8 Å². The fourth-order valence-electron chi connectivity index (χ4n) is 5.93. The molecule has 3 N–H and O–H groups in total. The van der Waals surface area contributed by atoms with Gasteiger partial charge in [0, 0.05) is 11.7 Å². The molecule has 30 heavy (non-hydrogen) atoms. The van der Waals surface area contributed by atoms with Gasteiger partial charge in [-0.05, 0) is 68.4 Å². The molecule has 2 heterocycles. The van der Waals surface area contributed by atoms with Gasteiger partial charge in [0.25, 0.3) is 5.91 Å². The molecule has 1 amide bonds. The van der Waals surface area contributed by atoms with Crippen LogP contribution in [-0.2, 0) is 0 Å². The van der Waals surface area contributed by atoms with Gasteiger partial charge < -0.3 is 5.32 Å². The molecule has 2 aromatic rings. The highest BCUT2D eigenvalue weighted by atomic mass is 16.6. The summed E-state index contributed by atoms with van der Waals surface area (Å²) in [5.74, 6) is 1.71. The average molecular weight is 409 g/mol. The Bertz CT molecular complexity index is 946. The third kappa shape index (κ3) is 3.42. The highest BCUT2D eigenvalue weighted by Gasteiger charge is 2.51. The molecule has 0 aliphatic heterocycles. The summed E-state index contributed by atoms with van der Waals surface area (Å²) in [6.07, 6.45) is 9.68. The molecule has 2 aromatic heterocycles. The Balaban J connectivity index is 1.37. The lowest BCUT2D eigenvalue weighted by atomic mass is 9.53. The minimum Gasteiger partial charge on any atom is -0.359 e. The van der Waals surface area contributed by atoms with Crippen molar-refractivity contribution in [1.29, 1.82) is 0 Å². The van der Waals surface area contributed by atoms with Gasteiger partial charge in [-0.3, -0.25) is 30.7 Å². The quantitative estimate of drug-likeness (QED) is 0.489. The number of carbonyl (C=O) groups excluding carboxylic acids is 1. The maximum absolute atomic E-state index is 12.2. The summed E-state index contributed by atoms with van der Waals surface area (Å²) in [5, 5.41) is 15.3. The molecule has 0 aromatic carbocycles. The monoisotopic (exact) mass is 409 g/mol. The van der Waals surface area contributed by atoms with Crippen LogP contribution in [0.1, 0.15) is 49.0 Å². The van der Waals surface area contributed by atoms with Crippen LogP contribution in [0.15, 0.2) is 30.7 Å². The van der Waals surface area contributed by atoms with E-state index in [0.29, 0.717) is 17.8 Å². The lowest BCUT2D eigenvalue weighted by Gasteiger charge is -2.57. The Morgan fingerprint density at radius 2 is 1.70 bits per heavy atom. The van der Waals surface area contributed by atoms with Crippen molar-refractivity contribution in [2.45, 2.75) is 44.1 Å². The van der Waals surface area contributed by atoms with E-state index in [2.05, 4.69) is 31.1 Å². The third-order valence-electron chi connectivity index (χ3n) is 6.62. The molecule has 0 radical (unpaired) electrons. The number of amides is 1. The zero-order chi connectivity index (χ0) is 20.7. The summed E-state index contributed by atoms with van der Waals surface area (Å²) in [6, 6.07) is 4.93. The molecule has 4 aliphatic rings. The number of anilines is 2. The minimum absolute atomic E-state index is 0.0634. The van der Waals surface area contributed by atoms with Gasteiger partial charge in [0.15, 0.2) is 0 Å². The molecule has 0 unspecified atom stereocenters. The molecule has 4 aliphatic carbocycles. The molecule has 0 saturated heterocycles. The Morgan fingerprint density at radius 1 is 1.03 bits per heavy atom. The number of nitrogens with zero attached hydrogens (tertiary/aromatic N) is 4. The molecule has 0 spiro atoms. The van der Waals surface area contributed by atoms with Crippen molar-refractivity contribution in [3.8, 4) is 0 Å². The second-order valence-corrected chi connectivity index (χ2v) is 8.79. The van der Waals surface area contributed by atoms with Crippen molar-refractivity contribution < 1.29 is 9.72 Å². The minimum atomic E-state index is -0.516. The van der Waals surface area contributed by atoms with E-state index in [1.54, 1.807) is 18.2 Å². The van der Waals surface area contributed by atoms with Crippen LogP contribution in [0.4, 0.5) is 17.3 Å². The first-order valence-corrected chi connectivity index (χ1v) is 10.3. The fourth-order valence-corrected chi connectivity index (χ4v) is 5.93. The second-order valence-electron chi connectivity index (χ2n) is 8.79. The molecule has 0 atom stereocenters. The molecule has 10 nitrogen and oxygen atoms in total. The van der Waals surface area contributed by atoms with E-state index < -0.39 is 10.8 Å². The van der Waals surface area contributed by atoms with Gasteiger partial charge >= 0.3 is 5.69 Å². The first-order chi connectivity index (χ1) is 14.5. The van der Waals surface area contributed by atoms with Crippen LogP contribution in [0.25, 0.3) is 0 Å². The number of nitrogens with one attached hydrogen (secondary N) is 3. The average Bonchev–Trinajstić information content (AvgIpc) is 2.71. The first kappa shape index (κ1) is 18.7. The standard InChI is InChI=1S/C20H23N7O3/c28-19(15-3-1-2-4-21-15)26-25-18-16(27(29)30)17(22-11-23-18)24-20-8-12-5-13(9-20)7-14(6-12)10-20/h1-4,11-14H,5-10H2,(H,26,28)(H2,22,23,24,25). The molecule has 4 bridgehead atoms. The number of carbonyl (C=O) groups is 1. The highest BCUT2D eigenvalue weighted by molar-refractivity contribution is 5.93. The van der Waals surface area contributed by atoms with E-state index in [1.807, 2.05) is 0 Å². The van der Waals surface area contributed by atoms with Gasteiger partial charge in [0.05, 0.1) is 4.92 Å². The Hall–Kier alpha value is -3.30. The van der Waals surface area contributed by atoms with Crippen molar-refractivity contribution >= 4 is 23.2 Å². The van der Waals surface area contributed by atoms with E-state index >= 15 is 0 Å². The number of nitro groups is 1. The molecule has 4 saturated carbocycles. The fraction of sp³-hybridized carbons (Fsp3) is 0.500. The number of pyridine rings is 1. The zero-order valence-corrected chi connectivity index (χ0v) is 16.4. The SMILES string of the molecule is O=C(NNc1ncnc(NC23CC4CC(CC(C4)C2)C3)c1[N+](=O)[O-])c1ccccn1. The summed E-state index contributed by atoms with van der Waals surface area (Å²) >= 11 is 0. The van der Waals surface area contributed by atoms with Gasteiger partial charge in [0.1, 0.15) is 12.0 Å². The predicted octanol–water partition coefficient (Wildman–Crippen LogP) is 2.92.